The largest absolute Gasteiger partial charge is 0.466 e. The van der Waals surface area contributed by atoms with Crippen molar-refractivity contribution < 1.29 is 29.3 Å². The molecule has 0 radical (unpaired) electrons. The molecule has 0 bridgehead atoms. The zero-order valence-electron chi connectivity index (χ0n) is 14.1. The van der Waals surface area contributed by atoms with Gasteiger partial charge in [-0.25, -0.2) is 0 Å². The maximum atomic E-state index is 11.4. The van der Waals surface area contributed by atoms with E-state index in [1.807, 2.05) is 0 Å². The van der Waals surface area contributed by atoms with E-state index in [4.69, 9.17) is 19.7 Å². The van der Waals surface area contributed by atoms with Gasteiger partial charge in [0.15, 0.2) is 0 Å². The van der Waals surface area contributed by atoms with E-state index in [0.717, 1.165) is 57.8 Å². The van der Waals surface area contributed by atoms with Gasteiger partial charge in [-0.15, -0.1) is 0 Å². The Hall–Kier alpha value is -1.14. The van der Waals surface area contributed by atoms with Crippen molar-refractivity contribution in [1.82, 2.24) is 0 Å². The Morgan fingerprint density at radius 1 is 0.609 bits per heavy atom. The molecule has 1 aliphatic heterocycles. The first-order chi connectivity index (χ1) is 11.2. The van der Waals surface area contributed by atoms with Crippen LogP contribution in [0, 0.1) is 0 Å². The first kappa shape index (κ1) is 21.9. The predicted molar refractivity (Wildman–Crippen MR) is 86.9 cm³/mol. The highest BCUT2D eigenvalue weighted by molar-refractivity contribution is 5.69. The number of cyclic esters (lactones) is 2. The molecule has 0 atom stereocenters. The number of carbonyl (C=O) groups excluding carboxylic acids is 2. The SMILES string of the molecule is O=C1CCCCCCCC(=O)OCCCCCCO1.OCCO. The van der Waals surface area contributed by atoms with E-state index in [9.17, 15) is 9.59 Å². The number of rotatable bonds is 1. The smallest absolute Gasteiger partial charge is 0.305 e. The Morgan fingerprint density at radius 2 is 0.957 bits per heavy atom. The lowest BCUT2D eigenvalue weighted by Crippen LogP contribution is -2.06. The third-order valence-corrected chi connectivity index (χ3v) is 3.43. The molecule has 0 aromatic carbocycles. The average molecular weight is 332 g/mol. The molecule has 0 spiro atoms. The zero-order chi connectivity index (χ0) is 17.2. The van der Waals surface area contributed by atoms with Gasteiger partial charge in [-0.1, -0.05) is 19.3 Å². The number of carbonyl (C=O) groups is 2. The van der Waals surface area contributed by atoms with Gasteiger partial charge in [-0.2, -0.15) is 0 Å². The van der Waals surface area contributed by atoms with Crippen molar-refractivity contribution in [1.29, 1.82) is 0 Å². The molecule has 1 aliphatic rings. The van der Waals surface area contributed by atoms with Crippen LogP contribution in [0.2, 0.25) is 0 Å². The molecule has 0 amide bonds. The fourth-order valence-corrected chi connectivity index (χ4v) is 2.14. The van der Waals surface area contributed by atoms with E-state index < -0.39 is 0 Å². The molecule has 1 rings (SSSR count). The maximum absolute atomic E-state index is 11.4. The van der Waals surface area contributed by atoms with Gasteiger partial charge in [0, 0.05) is 12.8 Å². The van der Waals surface area contributed by atoms with Crippen molar-refractivity contribution >= 4 is 11.9 Å². The van der Waals surface area contributed by atoms with E-state index in [1.165, 1.54) is 0 Å². The Balaban J connectivity index is 0.00000108. The second kappa shape index (κ2) is 17.2. The second-order valence-electron chi connectivity index (χ2n) is 5.57. The highest BCUT2D eigenvalue weighted by Crippen LogP contribution is 2.10. The lowest BCUT2D eigenvalue weighted by molar-refractivity contribution is -0.145. The van der Waals surface area contributed by atoms with E-state index in [2.05, 4.69) is 0 Å². The van der Waals surface area contributed by atoms with Crippen LogP contribution in [0.5, 0.6) is 0 Å². The number of ether oxygens (including phenoxy) is 2. The molecule has 1 fully saturated rings. The summed E-state index contributed by atoms with van der Waals surface area (Å²) in [6.07, 6.45) is 9.82. The molecule has 0 aliphatic carbocycles. The topological polar surface area (TPSA) is 93.1 Å². The molecule has 0 aromatic rings. The molecule has 23 heavy (non-hydrogen) atoms. The lowest BCUT2D eigenvalue weighted by Gasteiger charge is -2.05. The first-order valence-corrected chi connectivity index (χ1v) is 8.73. The van der Waals surface area contributed by atoms with Gasteiger partial charge in [-0.3, -0.25) is 9.59 Å². The molecule has 0 saturated carbocycles. The fourth-order valence-electron chi connectivity index (χ4n) is 2.14. The standard InChI is InChI=1S/C15H26O4.C2H6O2/c16-14-10-6-2-1-3-7-11-15(17)19-13-9-5-4-8-12-18-14;3-1-2-4/h1-13H2;3-4H,1-2H2. The van der Waals surface area contributed by atoms with E-state index in [0.29, 0.717) is 26.1 Å². The van der Waals surface area contributed by atoms with Gasteiger partial charge in [0.1, 0.15) is 0 Å². The number of aliphatic hydroxyl groups is 2. The van der Waals surface area contributed by atoms with Crippen LogP contribution in [0.4, 0.5) is 0 Å². The Bertz CT molecular complexity index is 265. The highest BCUT2D eigenvalue weighted by Gasteiger charge is 2.05. The summed E-state index contributed by atoms with van der Waals surface area (Å²) < 4.78 is 10.3. The molecular formula is C17H32O6. The van der Waals surface area contributed by atoms with Gasteiger partial charge >= 0.3 is 11.9 Å². The van der Waals surface area contributed by atoms with Crippen molar-refractivity contribution in [3.63, 3.8) is 0 Å². The van der Waals surface area contributed by atoms with Crippen LogP contribution >= 0.6 is 0 Å². The van der Waals surface area contributed by atoms with E-state index >= 15 is 0 Å². The summed E-state index contributed by atoms with van der Waals surface area (Å²) in [5, 5.41) is 15.2. The average Bonchev–Trinajstić information content (AvgIpc) is 2.56. The van der Waals surface area contributed by atoms with Gasteiger partial charge in [0.25, 0.3) is 0 Å². The minimum absolute atomic E-state index is 0.0668. The molecule has 1 saturated heterocycles. The lowest BCUT2D eigenvalue weighted by atomic mass is 10.1. The highest BCUT2D eigenvalue weighted by atomic mass is 16.5. The number of hydrogen-bond donors (Lipinski definition) is 2. The van der Waals surface area contributed by atoms with Gasteiger partial charge in [-0.05, 0) is 38.5 Å². The predicted octanol–water partition coefficient (Wildman–Crippen LogP) is 2.35. The second-order valence-corrected chi connectivity index (χ2v) is 5.57. The summed E-state index contributed by atoms with van der Waals surface area (Å²) in [7, 11) is 0. The van der Waals surface area contributed by atoms with Crippen molar-refractivity contribution in [2.24, 2.45) is 0 Å². The Morgan fingerprint density at radius 3 is 1.35 bits per heavy atom. The summed E-state index contributed by atoms with van der Waals surface area (Å²) in [5.74, 6) is -0.134. The van der Waals surface area contributed by atoms with Crippen molar-refractivity contribution in [2.45, 2.75) is 70.6 Å². The molecular weight excluding hydrogens is 300 g/mol. The first-order valence-electron chi connectivity index (χ1n) is 8.73. The van der Waals surface area contributed by atoms with Crippen LogP contribution in [0.25, 0.3) is 0 Å². The number of hydrogen-bond acceptors (Lipinski definition) is 6. The maximum Gasteiger partial charge on any atom is 0.305 e. The quantitative estimate of drug-likeness (QED) is 0.716. The molecule has 1 heterocycles. The normalized spacial score (nSPS) is 19.6. The monoisotopic (exact) mass is 332 g/mol. The van der Waals surface area contributed by atoms with Crippen LogP contribution in [0.1, 0.15) is 70.6 Å². The van der Waals surface area contributed by atoms with Crippen molar-refractivity contribution in [2.75, 3.05) is 26.4 Å². The Kier molecular flexibility index (Phi) is 16.4. The Labute approximate surface area is 139 Å². The summed E-state index contributed by atoms with van der Waals surface area (Å²) in [4.78, 5) is 22.8. The third-order valence-electron chi connectivity index (χ3n) is 3.43. The molecule has 0 unspecified atom stereocenters. The number of esters is 2. The molecule has 2 N–H and O–H groups in total. The molecule has 0 aromatic heterocycles. The van der Waals surface area contributed by atoms with Crippen molar-refractivity contribution in [3.8, 4) is 0 Å². The van der Waals surface area contributed by atoms with E-state index in [-0.39, 0.29) is 25.2 Å². The minimum Gasteiger partial charge on any atom is -0.466 e. The van der Waals surface area contributed by atoms with Crippen LogP contribution in [0.3, 0.4) is 0 Å². The van der Waals surface area contributed by atoms with Crippen LogP contribution in [-0.4, -0.2) is 48.6 Å². The fraction of sp³-hybridized carbons (Fsp3) is 0.882. The van der Waals surface area contributed by atoms with Crippen molar-refractivity contribution in [3.05, 3.63) is 0 Å². The van der Waals surface area contributed by atoms with Crippen LogP contribution in [0.15, 0.2) is 0 Å². The minimum atomic E-state index is -0.125. The van der Waals surface area contributed by atoms with Gasteiger partial charge < -0.3 is 19.7 Å². The third kappa shape index (κ3) is 17.1. The summed E-state index contributed by atoms with van der Waals surface area (Å²) in [6.45, 7) is 0.803. The van der Waals surface area contributed by atoms with Gasteiger partial charge in [0.05, 0.1) is 26.4 Å². The molecule has 6 nitrogen and oxygen atoms in total. The summed E-state index contributed by atoms with van der Waals surface area (Å²) in [6, 6.07) is 0. The molecule has 136 valence electrons. The summed E-state index contributed by atoms with van der Waals surface area (Å²) in [5.41, 5.74) is 0. The van der Waals surface area contributed by atoms with E-state index in [1.54, 1.807) is 0 Å². The van der Waals surface area contributed by atoms with Crippen LogP contribution < -0.4 is 0 Å². The number of aliphatic hydroxyl groups excluding tert-OH is 2. The zero-order valence-corrected chi connectivity index (χ0v) is 14.1. The molecule has 6 heteroatoms. The van der Waals surface area contributed by atoms with Gasteiger partial charge in [0.2, 0.25) is 0 Å². The summed E-state index contributed by atoms with van der Waals surface area (Å²) >= 11 is 0. The van der Waals surface area contributed by atoms with Crippen LogP contribution in [-0.2, 0) is 19.1 Å².